The van der Waals surface area contributed by atoms with E-state index in [0.29, 0.717) is 38.3 Å². The van der Waals surface area contributed by atoms with Gasteiger partial charge in [-0.25, -0.2) is 0 Å². The smallest absolute Gasteiger partial charge is 0.243 e. The first-order valence-corrected chi connectivity index (χ1v) is 6.80. The van der Waals surface area contributed by atoms with E-state index in [4.69, 9.17) is 0 Å². The molecule has 1 heterocycles. The van der Waals surface area contributed by atoms with Crippen LogP contribution in [0.5, 0.6) is 0 Å². The van der Waals surface area contributed by atoms with E-state index in [-0.39, 0.29) is 11.8 Å². The van der Waals surface area contributed by atoms with Gasteiger partial charge in [-0.1, -0.05) is 6.92 Å². The van der Waals surface area contributed by atoms with Crippen molar-refractivity contribution < 1.29 is 9.59 Å². The summed E-state index contributed by atoms with van der Waals surface area (Å²) in [6.07, 6.45) is 1.96. The molecule has 1 unspecified atom stereocenters. The van der Waals surface area contributed by atoms with Crippen molar-refractivity contribution in [1.82, 2.24) is 10.2 Å². The van der Waals surface area contributed by atoms with Gasteiger partial charge in [0, 0.05) is 20.1 Å². The maximum absolute atomic E-state index is 12.5. The molecule has 1 aliphatic carbocycles. The van der Waals surface area contributed by atoms with E-state index in [0.717, 1.165) is 0 Å². The zero-order valence-electron chi connectivity index (χ0n) is 11.8. The summed E-state index contributed by atoms with van der Waals surface area (Å²) in [4.78, 5) is 26.0. The minimum absolute atomic E-state index is 0.0317. The molecule has 2 fully saturated rings. The number of nitriles is 1. The molecule has 1 aliphatic heterocycles. The van der Waals surface area contributed by atoms with Crippen LogP contribution in [0.2, 0.25) is 0 Å². The Morgan fingerprint density at radius 2 is 2.05 bits per heavy atom. The maximum atomic E-state index is 12.5. The summed E-state index contributed by atoms with van der Waals surface area (Å²) < 4.78 is 0. The molecule has 0 aromatic carbocycles. The molecule has 2 rings (SSSR count). The first kappa shape index (κ1) is 13.9. The van der Waals surface area contributed by atoms with Gasteiger partial charge in [-0.05, 0) is 32.1 Å². The van der Waals surface area contributed by atoms with Crippen molar-refractivity contribution in [3.8, 4) is 6.07 Å². The number of carbonyl (C=O) groups is 2. The molecule has 19 heavy (non-hydrogen) atoms. The zero-order chi connectivity index (χ0) is 14.3. The van der Waals surface area contributed by atoms with Crippen molar-refractivity contribution in [2.45, 2.75) is 33.1 Å². The van der Waals surface area contributed by atoms with E-state index in [2.05, 4.69) is 18.3 Å². The molecule has 1 saturated heterocycles. The van der Waals surface area contributed by atoms with Gasteiger partial charge >= 0.3 is 0 Å². The average Bonchev–Trinajstić information content (AvgIpc) is 2.76. The molecule has 1 saturated carbocycles. The summed E-state index contributed by atoms with van der Waals surface area (Å²) in [6, 6.07) is 2.20. The second-order valence-corrected chi connectivity index (χ2v) is 6.32. The second kappa shape index (κ2) is 4.52. The van der Waals surface area contributed by atoms with Crippen molar-refractivity contribution in [2.24, 2.45) is 16.7 Å². The molecule has 0 radical (unpaired) electrons. The number of hydrogen-bond acceptors (Lipinski definition) is 3. The fourth-order valence-corrected chi connectivity index (χ4v) is 3.37. The highest BCUT2D eigenvalue weighted by molar-refractivity contribution is 5.89. The van der Waals surface area contributed by atoms with Crippen LogP contribution in [0.1, 0.15) is 33.1 Å². The van der Waals surface area contributed by atoms with E-state index in [1.807, 2.05) is 6.92 Å². The highest BCUT2D eigenvalue weighted by atomic mass is 16.2. The van der Waals surface area contributed by atoms with Crippen molar-refractivity contribution in [1.29, 1.82) is 5.26 Å². The van der Waals surface area contributed by atoms with E-state index < -0.39 is 10.8 Å². The first-order chi connectivity index (χ1) is 8.87. The Bertz CT molecular complexity index is 448. The summed E-state index contributed by atoms with van der Waals surface area (Å²) in [5.41, 5.74) is -1.34. The number of likely N-dealkylation sites (tertiary alicyclic amines) is 1. The van der Waals surface area contributed by atoms with Crippen molar-refractivity contribution in [2.75, 3.05) is 20.1 Å². The van der Waals surface area contributed by atoms with Gasteiger partial charge < -0.3 is 10.2 Å². The van der Waals surface area contributed by atoms with Crippen LogP contribution >= 0.6 is 0 Å². The molecular weight excluding hydrogens is 242 g/mol. The molecule has 2 aliphatic rings. The highest BCUT2D eigenvalue weighted by Gasteiger charge is 2.53. The Kier molecular flexibility index (Phi) is 3.29. The number of carbonyl (C=O) groups excluding carboxylic acids is 2. The molecule has 5 heteroatoms. The second-order valence-electron chi connectivity index (χ2n) is 6.32. The van der Waals surface area contributed by atoms with E-state index >= 15 is 0 Å². The van der Waals surface area contributed by atoms with Gasteiger partial charge in [0.1, 0.15) is 5.41 Å². The summed E-state index contributed by atoms with van der Waals surface area (Å²) >= 11 is 0. The first-order valence-electron chi connectivity index (χ1n) is 6.80. The summed E-state index contributed by atoms with van der Waals surface area (Å²) in [5, 5.41) is 11.9. The fourth-order valence-electron chi connectivity index (χ4n) is 3.37. The van der Waals surface area contributed by atoms with E-state index in [9.17, 15) is 14.9 Å². The van der Waals surface area contributed by atoms with Crippen LogP contribution in [0.4, 0.5) is 0 Å². The van der Waals surface area contributed by atoms with Crippen LogP contribution in [-0.4, -0.2) is 36.9 Å². The largest absolute Gasteiger partial charge is 0.359 e. The van der Waals surface area contributed by atoms with Crippen molar-refractivity contribution in [3.63, 3.8) is 0 Å². The molecule has 0 bridgehead atoms. The molecule has 104 valence electrons. The van der Waals surface area contributed by atoms with Crippen LogP contribution in [0.3, 0.4) is 0 Å². The number of nitrogens with one attached hydrogen (secondary N) is 1. The minimum Gasteiger partial charge on any atom is -0.359 e. The maximum Gasteiger partial charge on any atom is 0.243 e. The van der Waals surface area contributed by atoms with Gasteiger partial charge in [0.2, 0.25) is 11.8 Å². The number of hydrogen-bond donors (Lipinski definition) is 1. The molecule has 1 N–H and O–H groups in total. The zero-order valence-corrected chi connectivity index (χ0v) is 11.8. The van der Waals surface area contributed by atoms with Gasteiger partial charge in [0.25, 0.3) is 0 Å². The Hall–Kier alpha value is -1.57. The van der Waals surface area contributed by atoms with Crippen LogP contribution in [0, 0.1) is 28.1 Å². The molecule has 0 aromatic rings. The van der Waals surface area contributed by atoms with Gasteiger partial charge in [-0.2, -0.15) is 5.26 Å². The Morgan fingerprint density at radius 3 is 2.53 bits per heavy atom. The standard InChI is InChI=1S/C14H21N3O2/c1-10-6-14(7-10,8-15)12(19)17-5-4-13(2,9-17)11(18)16-3/h10H,4-7,9H2,1-3H3,(H,16,18). The average molecular weight is 263 g/mol. The monoisotopic (exact) mass is 263 g/mol. The lowest BCUT2D eigenvalue weighted by atomic mass is 9.63. The van der Waals surface area contributed by atoms with Gasteiger partial charge in [0.15, 0.2) is 0 Å². The summed E-state index contributed by atoms with van der Waals surface area (Å²) in [6.45, 7) is 4.92. The number of rotatable bonds is 2. The summed E-state index contributed by atoms with van der Waals surface area (Å²) in [7, 11) is 1.61. The third kappa shape index (κ3) is 2.09. The molecule has 1 atom stereocenters. The lowest BCUT2D eigenvalue weighted by molar-refractivity contribution is -0.144. The predicted molar refractivity (Wildman–Crippen MR) is 69.8 cm³/mol. The Labute approximate surface area is 113 Å². The lowest BCUT2D eigenvalue weighted by Gasteiger charge is -2.41. The van der Waals surface area contributed by atoms with Gasteiger partial charge in [0.05, 0.1) is 11.5 Å². The van der Waals surface area contributed by atoms with Crippen LogP contribution in [0.15, 0.2) is 0 Å². The number of amides is 2. The minimum atomic E-state index is -0.826. The fraction of sp³-hybridized carbons (Fsp3) is 0.786. The third-order valence-electron chi connectivity index (χ3n) is 4.55. The number of nitrogens with zero attached hydrogens (tertiary/aromatic N) is 2. The SMILES string of the molecule is CNC(=O)C1(C)CCN(C(=O)C2(C#N)CC(C)C2)C1. The molecule has 0 spiro atoms. The Balaban J connectivity index is 2.08. The highest BCUT2D eigenvalue weighted by Crippen LogP contribution is 2.47. The summed E-state index contributed by atoms with van der Waals surface area (Å²) in [5.74, 6) is 0.327. The topological polar surface area (TPSA) is 73.2 Å². The molecular formula is C14H21N3O2. The molecule has 0 aromatic heterocycles. The lowest BCUT2D eigenvalue weighted by Crippen LogP contribution is -2.50. The normalized spacial score (nSPS) is 37.4. The quantitative estimate of drug-likeness (QED) is 0.805. The van der Waals surface area contributed by atoms with Crippen LogP contribution in [-0.2, 0) is 9.59 Å². The van der Waals surface area contributed by atoms with Crippen LogP contribution < -0.4 is 5.32 Å². The van der Waals surface area contributed by atoms with Gasteiger partial charge in [-0.15, -0.1) is 0 Å². The van der Waals surface area contributed by atoms with Gasteiger partial charge in [-0.3, -0.25) is 9.59 Å². The molecule has 5 nitrogen and oxygen atoms in total. The van der Waals surface area contributed by atoms with Crippen molar-refractivity contribution >= 4 is 11.8 Å². The third-order valence-corrected chi connectivity index (χ3v) is 4.55. The van der Waals surface area contributed by atoms with Crippen molar-refractivity contribution in [3.05, 3.63) is 0 Å². The Morgan fingerprint density at radius 1 is 1.42 bits per heavy atom. The van der Waals surface area contributed by atoms with E-state index in [1.54, 1.807) is 11.9 Å². The van der Waals surface area contributed by atoms with Crippen LogP contribution in [0.25, 0.3) is 0 Å². The molecule has 2 amide bonds. The van der Waals surface area contributed by atoms with E-state index in [1.165, 1.54) is 0 Å². The predicted octanol–water partition coefficient (Wildman–Crippen LogP) is 0.911.